The summed E-state index contributed by atoms with van der Waals surface area (Å²) in [5.41, 5.74) is 3.49. The van der Waals surface area contributed by atoms with Gasteiger partial charge in [0.05, 0.1) is 13.2 Å². The minimum absolute atomic E-state index is 0.114. The molecule has 0 saturated carbocycles. The largest absolute Gasteiger partial charge is 0.508 e. The lowest BCUT2D eigenvalue weighted by Gasteiger charge is -2.13. The lowest BCUT2D eigenvalue weighted by Crippen LogP contribution is -2.14. The van der Waals surface area contributed by atoms with Crippen molar-refractivity contribution in [2.45, 2.75) is 13.5 Å². The number of carbonyl (C=O) groups is 1. The molecule has 1 aromatic heterocycles. The van der Waals surface area contributed by atoms with Crippen LogP contribution in [0, 0.1) is 0 Å². The molecule has 32 heavy (non-hydrogen) atoms. The first-order valence-electron chi connectivity index (χ1n) is 10.2. The molecule has 0 bridgehead atoms. The van der Waals surface area contributed by atoms with Crippen LogP contribution in [0.1, 0.15) is 23.0 Å². The number of esters is 1. The van der Waals surface area contributed by atoms with Gasteiger partial charge < -0.3 is 23.9 Å². The molecule has 1 N–H and O–H groups in total. The van der Waals surface area contributed by atoms with Crippen LogP contribution in [0.5, 0.6) is 17.2 Å². The average Bonchev–Trinajstić information content (AvgIpc) is 3.36. The molecule has 0 unspecified atom stereocenters. The highest BCUT2D eigenvalue weighted by Crippen LogP contribution is 2.40. The molecular formula is C25H20ClNO5. The Hall–Kier alpha value is -3.64. The van der Waals surface area contributed by atoms with Gasteiger partial charge in [0.25, 0.3) is 0 Å². The van der Waals surface area contributed by atoms with Crippen LogP contribution in [0.2, 0.25) is 5.02 Å². The van der Waals surface area contributed by atoms with Crippen molar-refractivity contribution in [1.29, 1.82) is 0 Å². The number of benzene rings is 3. The second-order valence-corrected chi connectivity index (χ2v) is 7.80. The van der Waals surface area contributed by atoms with Gasteiger partial charge in [0, 0.05) is 27.6 Å². The van der Waals surface area contributed by atoms with Crippen molar-refractivity contribution in [2.24, 2.45) is 0 Å². The van der Waals surface area contributed by atoms with Gasteiger partial charge in [-0.15, -0.1) is 0 Å². The maximum absolute atomic E-state index is 13.2. The molecule has 5 rings (SSSR count). The quantitative estimate of drug-likeness (QED) is 0.400. The standard InChI is InChI=1S/C25H20ClNO5/c1-2-30-25(29)24-23(15-6-4-3-5-7-15)18-11-17(28)8-9-20(18)27(24)13-16-10-21-22(12-19(16)26)32-14-31-21/h3-12,28H,2,13-14H2,1H3. The van der Waals surface area contributed by atoms with E-state index >= 15 is 0 Å². The monoisotopic (exact) mass is 449 g/mol. The maximum Gasteiger partial charge on any atom is 0.355 e. The Kier molecular flexibility index (Phi) is 5.15. The van der Waals surface area contributed by atoms with Crippen molar-refractivity contribution < 1.29 is 24.1 Å². The van der Waals surface area contributed by atoms with Crippen LogP contribution in [0.4, 0.5) is 0 Å². The molecule has 0 amide bonds. The van der Waals surface area contributed by atoms with E-state index in [4.69, 9.17) is 25.8 Å². The molecule has 162 valence electrons. The number of nitrogens with zero attached hydrogens (tertiary/aromatic N) is 1. The number of ether oxygens (including phenoxy) is 3. The summed E-state index contributed by atoms with van der Waals surface area (Å²) < 4.78 is 18.2. The van der Waals surface area contributed by atoms with E-state index in [1.54, 1.807) is 31.2 Å². The van der Waals surface area contributed by atoms with E-state index < -0.39 is 5.97 Å². The fourth-order valence-electron chi connectivity index (χ4n) is 4.07. The van der Waals surface area contributed by atoms with Crippen LogP contribution in [0.15, 0.2) is 60.7 Å². The van der Waals surface area contributed by atoms with Crippen LogP contribution >= 0.6 is 11.6 Å². The second kappa shape index (κ2) is 8.13. The number of carbonyl (C=O) groups excluding carboxylic acids is 1. The number of fused-ring (bicyclic) bond motifs is 2. The molecule has 4 aromatic rings. The zero-order valence-electron chi connectivity index (χ0n) is 17.3. The Balaban J connectivity index is 1.77. The van der Waals surface area contributed by atoms with E-state index in [0.717, 1.165) is 22.0 Å². The van der Waals surface area contributed by atoms with Crippen LogP contribution in [-0.4, -0.2) is 29.0 Å². The van der Waals surface area contributed by atoms with Gasteiger partial charge in [0.1, 0.15) is 11.4 Å². The lowest BCUT2D eigenvalue weighted by atomic mass is 10.0. The third-order valence-corrected chi connectivity index (χ3v) is 5.80. The van der Waals surface area contributed by atoms with Crippen molar-refractivity contribution >= 4 is 28.5 Å². The second-order valence-electron chi connectivity index (χ2n) is 7.39. The van der Waals surface area contributed by atoms with Gasteiger partial charge in [-0.25, -0.2) is 4.79 Å². The summed E-state index contributed by atoms with van der Waals surface area (Å²) in [6.45, 7) is 2.46. The first-order valence-corrected chi connectivity index (χ1v) is 10.6. The molecule has 2 heterocycles. The zero-order chi connectivity index (χ0) is 22.2. The number of halogens is 1. The van der Waals surface area contributed by atoms with Crippen LogP contribution in [0.3, 0.4) is 0 Å². The highest BCUT2D eigenvalue weighted by Gasteiger charge is 2.26. The number of rotatable bonds is 5. The van der Waals surface area contributed by atoms with Gasteiger partial charge in [-0.2, -0.15) is 0 Å². The number of phenols is 1. The first kappa shape index (κ1) is 20.3. The molecule has 3 aromatic carbocycles. The summed E-state index contributed by atoms with van der Waals surface area (Å²) in [7, 11) is 0. The van der Waals surface area contributed by atoms with Crippen molar-refractivity contribution in [2.75, 3.05) is 13.4 Å². The number of phenolic OH excluding ortho intramolecular Hbond substituents is 1. The van der Waals surface area contributed by atoms with Gasteiger partial charge in [0.15, 0.2) is 11.5 Å². The number of hydrogen-bond donors (Lipinski definition) is 1. The maximum atomic E-state index is 13.2. The minimum Gasteiger partial charge on any atom is -0.508 e. The molecule has 7 heteroatoms. The van der Waals surface area contributed by atoms with Crippen molar-refractivity contribution in [3.8, 4) is 28.4 Å². The third-order valence-electron chi connectivity index (χ3n) is 5.45. The van der Waals surface area contributed by atoms with E-state index in [1.165, 1.54) is 0 Å². The van der Waals surface area contributed by atoms with E-state index in [1.807, 2.05) is 41.0 Å². The van der Waals surface area contributed by atoms with E-state index in [2.05, 4.69) is 0 Å². The molecule has 0 fully saturated rings. The Morgan fingerprint density at radius 3 is 2.59 bits per heavy atom. The van der Waals surface area contributed by atoms with Crippen molar-refractivity contribution in [1.82, 2.24) is 4.57 Å². The number of hydrogen-bond acceptors (Lipinski definition) is 5. The van der Waals surface area contributed by atoms with Gasteiger partial charge in [0.2, 0.25) is 6.79 Å². The summed E-state index contributed by atoms with van der Waals surface area (Å²) in [6, 6.07) is 18.2. The molecule has 0 aliphatic carbocycles. The summed E-state index contributed by atoms with van der Waals surface area (Å²) in [5.74, 6) is 0.873. The molecule has 0 radical (unpaired) electrons. The predicted molar refractivity (Wildman–Crippen MR) is 122 cm³/mol. The topological polar surface area (TPSA) is 69.9 Å². The van der Waals surface area contributed by atoms with E-state index in [-0.39, 0.29) is 19.1 Å². The smallest absolute Gasteiger partial charge is 0.355 e. The lowest BCUT2D eigenvalue weighted by molar-refractivity contribution is 0.0516. The number of aromatic hydroxyl groups is 1. The van der Waals surface area contributed by atoms with E-state index in [0.29, 0.717) is 34.3 Å². The molecule has 0 saturated heterocycles. The Labute approximate surface area is 189 Å². The van der Waals surface area contributed by atoms with E-state index in [9.17, 15) is 9.90 Å². The SMILES string of the molecule is CCOC(=O)c1c(-c2ccccc2)c2cc(O)ccc2n1Cc1cc2c(cc1Cl)OCO2. The third kappa shape index (κ3) is 3.42. The average molecular weight is 450 g/mol. The fraction of sp³-hybridized carbons (Fsp3) is 0.160. The Bertz CT molecular complexity index is 1330. The van der Waals surface area contributed by atoms with Crippen molar-refractivity contribution in [3.63, 3.8) is 0 Å². The highest BCUT2D eigenvalue weighted by atomic mass is 35.5. The Morgan fingerprint density at radius 1 is 1.09 bits per heavy atom. The molecule has 0 spiro atoms. The first-order chi connectivity index (χ1) is 15.6. The summed E-state index contributed by atoms with van der Waals surface area (Å²) in [4.78, 5) is 13.2. The minimum atomic E-state index is -0.445. The van der Waals surface area contributed by atoms with Crippen LogP contribution in [0.25, 0.3) is 22.0 Å². The van der Waals surface area contributed by atoms with Crippen LogP contribution in [-0.2, 0) is 11.3 Å². The van der Waals surface area contributed by atoms with Gasteiger partial charge in [-0.1, -0.05) is 41.9 Å². The summed E-state index contributed by atoms with van der Waals surface area (Å²) >= 11 is 6.55. The molecule has 6 nitrogen and oxygen atoms in total. The predicted octanol–water partition coefficient (Wildman–Crippen LogP) is 5.62. The van der Waals surface area contributed by atoms with Gasteiger partial charge in [-0.3, -0.25) is 0 Å². The van der Waals surface area contributed by atoms with Gasteiger partial charge in [-0.05, 0) is 42.3 Å². The van der Waals surface area contributed by atoms with Crippen molar-refractivity contribution in [3.05, 3.63) is 76.9 Å². The normalized spacial score (nSPS) is 12.3. The number of aromatic nitrogens is 1. The van der Waals surface area contributed by atoms with Gasteiger partial charge >= 0.3 is 5.97 Å². The van der Waals surface area contributed by atoms with Crippen LogP contribution < -0.4 is 9.47 Å². The molecule has 1 aliphatic rings. The molecular weight excluding hydrogens is 430 g/mol. The molecule has 0 atom stereocenters. The summed E-state index contributed by atoms with van der Waals surface area (Å²) in [5, 5.41) is 11.5. The highest BCUT2D eigenvalue weighted by molar-refractivity contribution is 6.31. The fourth-order valence-corrected chi connectivity index (χ4v) is 4.28. The Morgan fingerprint density at radius 2 is 1.84 bits per heavy atom. The summed E-state index contributed by atoms with van der Waals surface area (Å²) in [6.07, 6.45) is 0. The zero-order valence-corrected chi connectivity index (χ0v) is 18.1. The molecule has 1 aliphatic heterocycles.